The van der Waals surface area contributed by atoms with Crippen molar-refractivity contribution in [3.8, 4) is 0 Å². The Balaban J connectivity index is 1.87. The Labute approximate surface area is 113 Å². The first kappa shape index (κ1) is 12.1. The van der Waals surface area contributed by atoms with E-state index in [9.17, 15) is 9.59 Å². The minimum atomic E-state index is -0.392. The molecule has 3 rings (SSSR count). The second kappa shape index (κ2) is 4.61. The third-order valence-electron chi connectivity index (χ3n) is 2.89. The van der Waals surface area contributed by atoms with E-state index in [0.29, 0.717) is 5.69 Å². The van der Waals surface area contributed by atoms with Crippen LogP contribution in [-0.2, 0) is 7.05 Å². The maximum Gasteiger partial charge on any atom is 0.275 e. The average molecular weight is 269 g/mol. The van der Waals surface area contributed by atoms with Crippen molar-refractivity contribution < 1.29 is 4.79 Å². The fourth-order valence-electron chi connectivity index (χ4n) is 1.88. The lowest BCUT2D eigenvalue weighted by Gasteiger charge is -2.04. The van der Waals surface area contributed by atoms with Gasteiger partial charge >= 0.3 is 0 Å². The molecule has 2 aromatic heterocycles. The number of H-pyrrole nitrogens is 1. The molecule has 100 valence electrons. The predicted molar refractivity (Wildman–Crippen MR) is 73.5 cm³/mol. The fraction of sp³-hybridized carbons (Fsp3) is 0.0769. The van der Waals surface area contributed by atoms with Gasteiger partial charge in [0.05, 0.1) is 23.6 Å². The van der Waals surface area contributed by atoms with E-state index in [1.807, 2.05) is 17.7 Å². The Morgan fingerprint density at radius 1 is 1.35 bits per heavy atom. The number of benzene rings is 1. The van der Waals surface area contributed by atoms with Gasteiger partial charge in [-0.3, -0.25) is 9.59 Å². The number of aromatic nitrogens is 4. The number of rotatable bonds is 2. The summed E-state index contributed by atoms with van der Waals surface area (Å²) in [6.07, 6.45) is 4.05. The van der Waals surface area contributed by atoms with Crippen LogP contribution in [0.4, 0.5) is 5.69 Å². The van der Waals surface area contributed by atoms with E-state index in [2.05, 4.69) is 20.3 Å². The van der Waals surface area contributed by atoms with Crippen LogP contribution in [0.3, 0.4) is 0 Å². The highest BCUT2D eigenvalue weighted by molar-refractivity contribution is 6.03. The number of carbonyl (C=O) groups is 1. The number of fused-ring (bicyclic) bond motifs is 1. The number of nitrogens with one attached hydrogen (secondary N) is 2. The SMILES string of the molecule is Cn1cnc2cc(NC(=O)c3c[nH]c(=O)cn3)ccc21. The van der Waals surface area contributed by atoms with E-state index in [0.717, 1.165) is 17.2 Å². The summed E-state index contributed by atoms with van der Waals surface area (Å²) in [5, 5.41) is 2.71. The number of carbonyl (C=O) groups excluding carboxylic acids is 1. The molecule has 0 fully saturated rings. The molecule has 0 saturated heterocycles. The summed E-state index contributed by atoms with van der Waals surface area (Å²) >= 11 is 0. The van der Waals surface area contributed by atoms with Crippen molar-refractivity contribution in [2.75, 3.05) is 5.32 Å². The van der Waals surface area contributed by atoms with E-state index in [-0.39, 0.29) is 11.3 Å². The molecule has 0 atom stereocenters. The van der Waals surface area contributed by atoms with Gasteiger partial charge in [0.2, 0.25) is 0 Å². The predicted octanol–water partition coefficient (Wildman–Crippen LogP) is 0.909. The van der Waals surface area contributed by atoms with Crippen LogP contribution < -0.4 is 10.9 Å². The molecule has 0 spiro atoms. The zero-order chi connectivity index (χ0) is 14.1. The number of imidazole rings is 1. The van der Waals surface area contributed by atoms with Crippen molar-refractivity contribution in [1.29, 1.82) is 0 Å². The Morgan fingerprint density at radius 2 is 2.20 bits per heavy atom. The number of hydrogen-bond acceptors (Lipinski definition) is 4. The van der Waals surface area contributed by atoms with Gasteiger partial charge in [-0.2, -0.15) is 0 Å². The molecule has 2 N–H and O–H groups in total. The average Bonchev–Trinajstić information content (AvgIpc) is 2.81. The van der Waals surface area contributed by atoms with Crippen LogP contribution in [0.2, 0.25) is 0 Å². The lowest BCUT2D eigenvalue weighted by molar-refractivity contribution is 0.102. The highest BCUT2D eigenvalue weighted by atomic mass is 16.2. The Bertz CT molecular complexity index is 829. The highest BCUT2D eigenvalue weighted by Crippen LogP contribution is 2.17. The number of amides is 1. The smallest absolute Gasteiger partial charge is 0.275 e. The van der Waals surface area contributed by atoms with Crippen LogP contribution in [0.1, 0.15) is 10.5 Å². The van der Waals surface area contributed by atoms with Gasteiger partial charge < -0.3 is 14.9 Å². The summed E-state index contributed by atoms with van der Waals surface area (Å²) in [5.41, 5.74) is 2.18. The zero-order valence-corrected chi connectivity index (χ0v) is 10.6. The standard InChI is InChI=1S/C13H11N5O2/c1-18-7-16-9-4-8(2-3-11(9)18)17-13(20)10-5-15-12(19)6-14-10/h2-7H,1H3,(H,15,19)(H,17,20). The number of aryl methyl sites for hydroxylation is 1. The number of aromatic amines is 1. The summed E-state index contributed by atoms with van der Waals surface area (Å²) in [7, 11) is 1.90. The topological polar surface area (TPSA) is 92.7 Å². The summed E-state index contributed by atoms with van der Waals surface area (Å²) in [4.78, 5) is 33.2. The Kier molecular flexibility index (Phi) is 2.79. The van der Waals surface area contributed by atoms with Gasteiger partial charge in [0.25, 0.3) is 11.5 Å². The molecule has 2 heterocycles. The normalized spacial score (nSPS) is 10.7. The van der Waals surface area contributed by atoms with Gasteiger partial charge in [-0.1, -0.05) is 0 Å². The van der Waals surface area contributed by atoms with Gasteiger partial charge in [0, 0.05) is 18.9 Å². The molecule has 3 aromatic rings. The Hall–Kier alpha value is -2.96. The minimum absolute atomic E-state index is 0.144. The number of anilines is 1. The molecule has 0 aliphatic rings. The van der Waals surface area contributed by atoms with E-state index < -0.39 is 5.91 Å². The van der Waals surface area contributed by atoms with Gasteiger partial charge in [0.1, 0.15) is 5.69 Å². The highest BCUT2D eigenvalue weighted by Gasteiger charge is 2.08. The minimum Gasteiger partial charge on any atom is -0.334 e. The molecular weight excluding hydrogens is 258 g/mol. The molecule has 0 unspecified atom stereocenters. The molecule has 20 heavy (non-hydrogen) atoms. The summed E-state index contributed by atoms with van der Waals surface area (Å²) in [6.45, 7) is 0. The second-order valence-corrected chi connectivity index (χ2v) is 4.31. The molecule has 7 heteroatoms. The zero-order valence-electron chi connectivity index (χ0n) is 10.6. The third-order valence-corrected chi connectivity index (χ3v) is 2.89. The first-order valence-corrected chi connectivity index (χ1v) is 5.90. The molecule has 0 aliphatic heterocycles. The van der Waals surface area contributed by atoms with Crippen LogP contribution in [0, 0.1) is 0 Å². The van der Waals surface area contributed by atoms with Crippen molar-refractivity contribution in [3.63, 3.8) is 0 Å². The van der Waals surface area contributed by atoms with Crippen molar-refractivity contribution in [1.82, 2.24) is 19.5 Å². The van der Waals surface area contributed by atoms with E-state index in [1.165, 1.54) is 6.20 Å². The van der Waals surface area contributed by atoms with Gasteiger partial charge in [-0.05, 0) is 18.2 Å². The molecule has 0 saturated carbocycles. The largest absolute Gasteiger partial charge is 0.334 e. The maximum absolute atomic E-state index is 11.9. The lowest BCUT2D eigenvalue weighted by Crippen LogP contribution is -2.16. The van der Waals surface area contributed by atoms with Gasteiger partial charge in [-0.15, -0.1) is 0 Å². The maximum atomic E-state index is 11.9. The monoisotopic (exact) mass is 269 g/mol. The van der Waals surface area contributed by atoms with Crippen molar-refractivity contribution in [2.45, 2.75) is 0 Å². The quantitative estimate of drug-likeness (QED) is 0.723. The van der Waals surface area contributed by atoms with Crippen molar-refractivity contribution >= 4 is 22.6 Å². The lowest BCUT2D eigenvalue weighted by atomic mass is 10.2. The van der Waals surface area contributed by atoms with Crippen molar-refractivity contribution in [3.05, 3.63) is 53.0 Å². The first-order valence-electron chi connectivity index (χ1n) is 5.90. The first-order chi connectivity index (χ1) is 9.63. The van der Waals surface area contributed by atoms with Gasteiger partial charge in [0.15, 0.2) is 0 Å². The number of hydrogen-bond donors (Lipinski definition) is 2. The molecule has 7 nitrogen and oxygen atoms in total. The van der Waals surface area contributed by atoms with E-state index >= 15 is 0 Å². The summed E-state index contributed by atoms with van der Waals surface area (Å²) in [6, 6.07) is 5.44. The third kappa shape index (κ3) is 2.16. The van der Waals surface area contributed by atoms with Crippen LogP contribution in [0.5, 0.6) is 0 Å². The van der Waals surface area contributed by atoms with Crippen LogP contribution in [0.25, 0.3) is 11.0 Å². The van der Waals surface area contributed by atoms with Crippen LogP contribution >= 0.6 is 0 Å². The van der Waals surface area contributed by atoms with E-state index in [4.69, 9.17) is 0 Å². The molecule has 1 aromatic carbocycles. The number of nitrogens with zero attached hydrogens (tertiary/aromatic N) is 3. The van der Waals surface area contributed by atoms with Crippen LogP contribution in [0.15, 0.2) is 41.7 Å². The van der Waals surface area contributed by atoms with Gasteiger partial charge in [-0.25, -0.2) is 9.97 Å². The second-order valence-electron chi connectivity index (χ2n) is 4.31. The molecule has 0 radical (unpaired) electrons. The summed E-state index contributed by atoms with van der Waals surface area (Å²) in [5.74, 6) is -0.392. The Morgan fingerprint density at radius 3 is 2.95 bits per heavy atom. The van der Waals surface area contributed by atoms with E-state index in [1.54, 1.807) is 18.5 Å². The summed E-state index contributed by atoms with van der Waals surface area (Å²) < 4.78 is 1.89. The van der Waals surface area contributed by atoms with Crippen molar-refractivity contribution in [2.24, 2.45) is 7.05 Å². The molecule has 0 aliphatic carbocycles. The molecular formula is C13H11N5O2. The molecule has 1 amide bonds. The fourth-order valence-corrected chi connectivity index (χ4v) is 1.88. The molecule has 0 bridgehead atoms. The van der Waals surface area contributed by atoms with Crippen LogP contribution in [-0.4, -0.2) is 25.4 Å².